The van der Waals surface area contributed by atoms with Crippen LogP contribution >= 0.6 is 0 Å². The van der Waals surface area contributed by atoms with E-state index < -0.39 is 0 Å². The number of hydrogen-bond acceptors (Lipinski definition) is 5. The molecule has 24 heavy (non-hydrogen) atoms. The van der Waals surface area contributed by atoms with Gasteiger partial charge in [0.25, 0.3) is 0 Å². The van der Waals surface area contributed by atoms with Gasteiger partial charge in [-0.05, 0) is 31.0 Å². The molecule has 0 bridgehead atoms. The molecular weight excluding hydrogens is 304 g/mol. The number of aryl methyl sites for hydroxylation is 1. The van der Waals surface area contributed by atoms with Crippen molar-refractivity contribution in [3.05, 3.63) is 41.5 Å². The van der Waals surface area contributed by atoms with Crippen LogP contribution in [0, 0.1) is 5.92 Å². The van der Waals surface area contributed by atoms with Crippen molar-refractivity contribution in [2.45, 2.75) is 40.2 Å². The van der Waals surface area contributed by atoms with Crippen molar-refractivity contribution in [2.75, 3.05) is 18.9 Å². The number of carbonyl (C=O) groups is 1. The molecule has 0 saturated heterocycles. The number of amides is 1. The molecule has 0 aliphatic rings. The number of hydrogen-bond donors (Lipinski definition) is 1. The van der Waals surface area contributed by atoms with Crippen molar-refractivity contribution < 1.29 is 9.32 Å². The Bertz CT molecular complexity index is 667. The normalized spacial score (nSPS) is 11.2. The number of rotatable bonds is 8. The highest BCUT2D eigenvalue weighted by molar-refractivity contribution is 5.92. The number of likely N-dealkylation sites (N-methyl/N-ethyl adjacent to an activating group) is 1. The fraction of sp³-hybridized carbons (Fsp3) is 0.500. The number of nitrogens with one attached hydrogen (secondary N) is 1. The second kappa shape index (κ2) is 8.59. The van der Waals surface area contributed by atoms with E-state index in [1.165, 1.54) is 0 Å². The third kappa shape index (κ3) is 5.45. The Labute approximate surface area is 143 Å². The van der Waals surface area contributed by atoms with Crippen LogP contribution in [-0.4, -0.2) is 34.5 Å². The number of nitrogens with zero attached hydrogens (tertiary/aromatic N) is 3. The fourth-order valence-corrected chi connectivity index (χ4v) is 2.47. The molecule has 1 aromatic carbocycles. The summed E-state index contributed by atoms with van der Waals surface area (Å²) in [5.41, 5.74) is 2.00. The van der Waals surface area contributed by atoms with Gasteiger partial charge in [0.15, 0.2) is 5.82 Å². The van der Waals surface area contributed by atoms with Crippen LogP contribution in [0.15, 0.2) is 28.8 Å². The van der Waals surface area contributed by atoms with Crippen LogP contribution in [-0.2, 0) is 24.2 Å². The van der Waals surface area contributed by atoms with Crippen LogP contribution in [0.25, 0.3) is 0 Å². The summed E-state index contributed by atoms with van der Waals surface area (Å²) in [7, 11) is 1.86. The molecule has 0 saturated carbocycles. The lowest BCUT2D eigenvalue weighted by Crippen LogP contribution is -2.30. The largest absolute Gasteiger partial charge is 0.338 e. The van der Waals surface area contributed by atoms with E-state index in [2.05, 4.69) is 36.2 Å². The predicted molar refractivity (Wildman–Crippen MR) is 93.6 cm³/mol. The number of benzene rings is 1. The molecular formula is C18H26N4O2. The van der Waals surface area contributed by atoms with Crippen molar-refractivity contribution >= 4 is 11.6 Å². The average molecular weight is 330 g/mol. The third-order valence-electron chi connectivity index (χ3n) is 3.59. The van der Waals surface area contributed by atoms with Gasteiger partial charge in [-0.2, -0.15) is 4.98 Å². The Morgan fingerprint density at radius 2 is 2.08 bits per heavy atom. The van der Waals surface area contributed by atoms with Crippen LogP contribution in [0.4, 0.5) is 5.69 Å². The maximum atomic E-state index is 12.2. The number of para-hydroxylation sites is 1. The summed E-state index contributed by atoms with van der Waals surface area (Å²) in [6.45, 7) is 7.01. The Hall–Kier alpha value is -2.21. The molecule has 2 aromatic rings. The summed E-state index contributed by atoms with van der Waals surface area (Å²) in [6, 6.07) is 7.85. The standard InChI is InChI=1S/C18H26N4O2/c1-5-14-8-6-7-9-15(14)19-17(23)11-22(4)12-18-20-16(21-24-18)10-13(2)3/h6-9,13H,5,10-12H2,1-4H3,(H,19,23). The monoisotopic (exact) mass is 330 g/mol. The molecule has 0 aliphatic carbocycles. The maximum Gasteiger partial charge on any atom is 0.240 e. The minimum absolute atomic E-state index is 0.0553. The first-order chi connectivity index (χ1) is 11.5. The summed E-state index contributed by atoms with van der Waals surface area (Å²) in [4.78, 5) is 18.4. The second-order valence-electron chi connectivity index (χ2n) is 6.43. The van der Waals surface area contributed by atoms with Gasteiger partial charge in [0.2, 0.25) is 11.8 Å². The van der Waals surface area contributed by atoms with E-state index in [1.54, 1.807) is 0 Å². The lowest BCUT2D eigenvalue weighted by atomic mass is 10.1. The molecule has 1 amide bonds. The lowest BCUT2D eigenvalue weighted by molar-refractivity contribution is -0.117. The maximum absolute atomic E-state index is 12.2. The Morgan fingerprint density at radius 1 is 1.33 bits per heavy atom. The smallest absolute Gasteiger partial charge is 0.240 e. The zero-order valence-electron chi connectivity index (χ0n) is 14.9. The van der Waals surface area contributed by atoms with Crippen LogP contribution < -0.4 is 5.32 Å². The van der Waals surface area contributed by atoms with E-state index in [0.717, 1.165) is 29.9 Å². The molecule has 1 heterocycles. The van der Waals surface area contributed by atoms with Gasteiger partial charge in [-0.15, -0.1) is 0 Å². The zero-order chi connectivity index (χ0) is 17.5. The van der Waals surface area contributed by atoms with E-state index in [1.807, 2.05) is 36.2 Å². The first-order valence-electron chi connectivity index (χ1n) is 8.35. The van der Waals surface area contributed by atoms with E-state index >= 15 is 0 Å². The van der Waals surface area contributed by atoms with Crippen LogP contribution in [0.1, 0.15) is 38.0 Å². The van der Waals surface area contributed by atoms with Crippen molar-refractivity contribution in [3.63, 3.8) is 0 Å². The number of carbonyl (C=O) groups excluding carboxylic acids is 1. The van der Waals surface area contributed by atoms with Crippen molar-refractivity contribution in [1.82, 2.24) is 15.0 Å². The molecule has 0 radical (unpaired) electrons. The summed E-state index contributed by atoms with van der Waals surface area (Å²) in [6.07, 6.45) is 1.68. The highest BCUT2D eigenvalue weighted by Crippen LogP contribution is 2.15. The molecule has 130 valence electrons. The molecule has 0 fully saturated rings. The minimum atomic E-state index is -0.0553. The van der Waals surface area contributed by atoms with Gasteiger partial charge in [-0.25, -0.2) is 0 Å². The van der Waals surface area contributed by atoms with Crippen LogP contribution in [0.3, 0.4) is 0 Å². The molecule has 0 atom stereocenters. The second-order valence-corrected chi connectivity index (χ2v) is 6.43. The lowest BCUT2D eigenvalue weighted by Gasteiger charge is -2.15. The van der Waals surface area contributed by atoms with Gasteiger partial charge >= 0.3 is 0 Å². The summed E-state index contributed by atoms with van der Waals surface area (Å²) in [5, 5.41) is 6.93. The van der Waals surface area contributed by atoms with Crippen LogP contribution in [0.2, 0.25) is 0 Å². The fourth-order valence-electron chi connectivity index (χ4n) is 2.47. The van der Waals surface area contributed by atoms with Gasteiger partial charge < -0.3 is 9.84 Å². The number of aromatic nitrogens is 2. The molecule has 1 aromatic heterocycles. The van der Waals surface area contributed by atoms with Crippen molar-refractivity contribution in [1.29, 1.82) is 0 Å². The van der Waals surface area contributed by atoms with E-state index in [4.69, 9.17) is 4.52 Å². The minimum Gasteiger partial charge on any atom is -0.338 e. The van der Waals surface area contributed by atoms with Gasteiger partial charge in [-0.1, -0.05) is 44.1 Å². The van der Waals surface area contributed by atoms with Gasteiger partial charge in [0.05, 0.1) is 13.1 Å². The Kier molecular flexibility index (Phi) is 6.49. The molecule has 0 unspecified atom stereocenters. The summed E-state index contributed by atoms with van der Waals surface area (Å²) >= 11 is 0. The summed E-state index contributed by atoms with van der Waals surface area (Å²) in [5.74, 6) is 1.68. The highest BCUT2D eigenvalue weighted by atomic mass is 16.5. The summed E-state index contributed by atoms with van der Waals surface area (Å²) < 4.78 is 5.24. The molecule has 1 N–H and O–H groups in total. The molecule has 2 rings (SSSR count). The molecule has 6 nitrogen and oxygen atoms in total. The zero-order valence-corrected chi connectivity index (χ0v) is 14.9. The average Bonchev–Trinajstić information content (AvgIpc) is 2.93. The SMILES string of the molecule is CCc1ccccc1NC(=O)CN(C)Cc1nc(CC(C)C)no1. The third-order valence-corrected chi connectivity index (χ3v) is 3.59. The molecule has 6 heteroatoms. The Balaban J connectivity index is 1.86. The quantitative estimate of drug-likeness (QED) is 0.806. The first kappa shape index (κ1) is 18.1. The van der Waals surface area contributed by atoms with Gasteiger partial charge in [0, 0.05) is 12.1 Å². The number of anilines is 1. The van der Waals surface area contributed by atoms with Gasteiger partial charge in [0.1, 0.15) is 0 Å². The van der Waals surface area contributed by atoms with Crippen LogP contribution in [0.5, 0.6) is 0 Å². The van der Waals surface area contributed by atoms with Gasteiger partial charge in [-0.3, -0.25) is 9.69 Å². The van der Waals surface area contributed by atoms with E-state index in [9.17, 15) is 4.79 Å². The van der Waals surface area contributed by atoms with Crippen molar-refractivity contribution in [2.24, 2.45) is 5.92 Å². The first-order valence-corrected chi connectivity index (χ1v) is 8.35. The van der Waals surface area contributed by atoms with Crippen molar-refractivity contribution in [3.8, 4) is 0 Å². The predicted octanol–water partition coefficient (Wildman–Crippen LogP) is 2.90. The molecule has 0 aliphatic heterocycles. The molecule has 0 spiro atoms. The van der Waals surface area contributed by atoms with E-state index in [-0.39, 0.29) is 12.5 Å². The topological polar surface area (TPSA) is 71.3 Å². The highest BCUT2D eigenvalue weighted by Gasteiger charge is 2.13. The Morgan fingerprint density at radius 3 is 2.79 bits per heavy atom. The van der Waals surface area contributed by atoms with E-state index in [0.29, 0.717) is 18.4 Å².